The summed E-state index contributed by atoms with van der Waals surface area (Å²) in [5.74, 6) is 0.289. The van der Waals surface area contributed by atoms with Crippen LogP contribution in [0, 0.1) is 0 Å². The van der Waals surface area contributed by atoms with E-state index in [0.717, 1.165) is 35.1 Å². The zero-order valence-electron chi connectivity index (χ0n) is 26.1. The monoisotopic (exact) mass is 680 g/mol. The molecule has 6 rings (SSSR count). The number of halogens is 1. The Morgan fingerprint density at radius 1 is 1.06 bits per heavy atom. The number of unbranched alkanes of at least 4 members (excludes halogenated alkanes) is 1. The topological polar surface area (TPSA) is 179 Å². The van der Waals surface area contributed by atoms with E-state index in [9.17, 15) is 14.4 Å². The molecular weight excluding hydrogens is 648 g/mol. The fourth-order valence-corrected chi connectivity index (χ4v) is 6.05. The Labute approximate surface area is 279 Å². The molecule has 2 aliphatic heterocycles. The summed E-state index contributed by atoms with van der Waals surface area (Å²) in [6.07, 6.45) is -2.64. The molecule has 15 nitrogen and oxygen atoms in total. The van der Waals surface area contributed by atoms with Gasteiger partial charge in [-0.1, -0.05) is 73.5 Å². The number of ether oxygens (including phenoxy) is 6. The van der Waals surface area contributed by atoms with Gasteiger partial charge in [-0.05, 0) is 28.3 Å². The quantitative estimate of drug-likeness (QED) is 0.0922. The molecule has 2 fully saturated rings. The van der Waals surface area contributed by atoms with Crippen molar-refractivity contribution in [2.24, 2.45) is 0 Å². The number of fused-ring (bicyclic) bond motifs is 1. The number of esters is 1. The second kappa shape index (κ2) is 14.9. The molecule has 0 bridgehead atoms. The number of aromatic nitrogens is 6. The van der Waals surface area contributed by atoms with E-state index in [-0.39, 0.29) is 30.6 Å². The van der Waals surface area contributed by atoms with Gasteiger partial charge >= 0.3 is 12.1 Å². The van der Waals surface area contributed by atoms with Crippen LogP contribution in [0.3, 0.4) is 0 Å². The highest BCUT2D eigenvalue weighted by Gasteiger charge is 2.51. The summed E-state index contributed by atoms with van der Waals surface area (Å²) >= 11 is 6.51. The molecule has 252 valence electrons. The standard InChI is InChI=1S/C32H33ClN6O9/c1-3-4-9-25-34-29(33)26(31(41)46-18(2)47-32(42)48-24-16-44-27-23(45-17-40)15-43-28(24)27)39(25)14-19-10-12-20(13-11-19)21-7-5-6-8-22(21)30-35-37-38-36-30/h5-8,10-13,17-18,23-24,27-28H,3-4,9,14-16H2,1-2H3,(H,35,36,37,38)/t18?,23-,24+,27-,28-/m1/s1. The number of H-pyrrole nitrogens is 1. The highest BCUT2D eigenvalue weighted by molar-refractivity contribution is 6.32. The van der Waals surface area contributed by atoms with E-state index in [1.54, 1.807) is 4.57 Å². The molecule has 2 aromatic carbocycles. The average Bonchev–Trinajstić information content (AvgIpc) is 3.88. The lowest BCUT2D eigenvalue weighted by Crippen LogP contribution is -2.36. The number of benzene rings is 2. The molecule has 0 spiro atoms. The molecule has 48 heavy (non-hydrogen) atoms. The first kappa shape index (κ1) is 33.1. The zero-order valence-corrected chi connectivity index (χ0v) is 26.9. The number of nitrogens with zero attached hydrogens (tertiary/aromatic N) is 5. The first-order chi connectivity index (χ1) is 23.4. The van der Waals surface area contributed by atoms with Crippen molar-refractivity contribution >= 4 is 30.2 Å². The number of rotatable bonds is 13. The van der Waals surface area contributed by atoms with Crippen LogP contribution in [-0.4, -0.2) is 92.7 Å². The summed E-state index contributed by atoms with van der Waals surface area (Å²) in [6.45, 7) is 4.18. The molecule has 0 amide bonds. The smallest absolute Gasteiger partial charge is 0.459 e. The van der Waals surface area contributed by atoms with Crippen molar-refractivity contribution in [2.45, 2.75) is 70.4 Å². The zero-order chi connectivity index (χ0) is 33.6. The number of nitrogens with one attached hydrogen (secondary N) is 1. The SMILES string of the molecule is CCCCc1nc(Cl)c(C(=O)OC(C)OC(=O)O[C@H]2CO[C@H]3[C@@H]2OC[C@H]3OC=O)n1Cc1ccc(-c2ccccc2-c2nn[nH]n2)cc1. The van der Waals surface area contributed by atoms with E-state index in [1.165, 1.54) is 6.92 Å². The Kier molecular flexibility index (Phi) is 10.3. The number of aromatic amines is 1. The van der Waals surface area contributed by atoms with Crippen LogP contribution >= 0.6 is 11.6 Å². The Morgan fingerprint density at radius 3 is 2.50 bits per heavy atom. The van der Waals surface area contributed by atoms with Gasteiger partial charge in [-0.15, -0.1) is 10.2 Å². The summed E-state index contributed by atoms with van der Waals surface area (Å²) in [5, 5.41) is 14.4. The average molecular weight is 681 g/mol. The molecule has 5 atom stereocenters. The van der Waals surface area contributed by atoms with Crippen molar-refractivity contribution in [1.29, 1.82) is 0 Å². The van der Waals surface area contributed by atoms with Gasteiger partial charge in [0.25, 0.3) is 6.47 Å². The third-order valence-corrected chi connectivity index (χ3v) is 8.31. The van der Waals surface area contributed by atoms with Crippen molar-refractivity contribution in [3.05, 3.63) is 70.8 Å². The van der Waals surface area contributed by atoms with Gasteiger partial charge in [0, 0.05) is 25.5 Å². The van der Waals surface area contributed by atoms with Crippen LogP contribution < -0.4 is 0 Å². The minimum Gasteiger partial charge on any atom is -0.459 e. The van der Waals surface area contributed by atoms with E-state index in [4.69, 9.17) is 40.0 Å². The number of hydrogen-bond donors (Lipinski definition) is 1. The third kappa shape index (κ3) is 7.17. The third-order valence-electron chi connectivity index (χ3n) is 8.05. The fraction of sp³-hybridized carbons (Fsp3) is 0.406. The summed E-state index contributed by atoms with van der Waals surface area (Å²) in [7, 11) is 0. The van der Waals surface area contributed by atoms with Crippen LogP contribution in [0.2, 0.25) is 5.15 Å². The molecule has 2 aromatic heterocycles. The Balaban J connectivity index is 1.13. The van der Waals surface area contributed by atoms with Crippen molar-refractivity contribution in [1.82, 2.24) is 30.2 Å². The molecule has 0 saturated carbocycles. The van der Waals surface area contributed by atoms with Gasteiger partial charge in [0.15, 0.2) is 23.1 Å². The number of aryl methyl sites for hydroxylation is 1. The van der Waals surface area contributed by atoms with Crippen LogP contribution in [0.25, 0.3) is 22.5 Å². The summed E-state index contributed by atoms with van der Waals surface area (Å²) in [4.78, 5) is 41.2. The van der Waals surface area contributed by atoms with Crippen LogP contribution in [0.1, 0.15) is 48.6 Å². The molecule has 0 radical (unpaired) electrons. The Bertz CT molecular complexity index is 1730. The molecule has 0 aliphatic carbocycles. The van der Waals surface area contributed by atoms with Gasteiger partial charge in [-0.3, -0.25) is 4.79 Å². The van der Waals surface area contributed by atoms with Crippen LogP contribution in [0.15, 0.2) is 48.5 Å². The van der Waals surface area contributed by atoms with Gasteiger partial charge in [0.2, 0.25) is 12.1 Å². The largest absolute Gasteiger partial charge is 0.511 e. The van der Waals surface area contributed by atoms with Crippen molar-refractivity contribution in [3.8, 4) is 22.5 Å². The van der Waals surface area contributed by atoms with Crippen molar-refractivity contribution < 1.29 is 42.8 Å². The van der Waals surface area contributed by atoms with Gasteiger partial charge in [-0.25, -0.2) is 14.6 Å². The predicted octanol–water partition coefficient (Wildman–Crippen LogP) is 4.14. The maximum atomic E-state index is 13.4. The number of hydrogen-bond acceptors (Lipinski definition) is 13. The van der Waals surface area contributed by atoms with Gasteiger partial charge in [-0.2, -0.15) is 5.21 Å². The molecular formula is C32H33ClN6O9. The van der Waals surface area contributed by atoms with Crippen LogP contribution in [0.5, 0.6) is 0 Å². The predicted molar refractivity (Wildman–Crippen MR) is 167 cm³/mol. The van der Waals surface area contributed by atoms with E-state index in [0.29, 0.717) is 24.5 Å². The first-order valence-electron chi connectivity index (χ1n) is 15.4. The fourth-order valence-electron chi connectivity index (χ4n) is 5.77. The van der Waals surface area contributed by atoms with Crippen LogP contribution in [0.4, 0.5) is 4.79 Å². The Morgan fingerprint density at radius 2 is 1.79 bits per heavy atom. The Hall–Kier alpha value is -4.86. The minimum absolute atomic E-state index is 0.0221. The van der Waals surface area contributed by atoms with E-state index < -0.39 is 42.8 Å². The van der Waals surface area contributed by atoms with E-state index in [2.05, 4.69) is 32.5 Å². The van der Waals surface area contributed by atoms with E-state index in [1.807, 2.05) is 48.5 Å². The lowest BCUT2D eigenvalue weighted by Gasteiger charge is -2.19. The van der Waals surface area contributed by atoms with E-state index >= 15 is 0 Å². The van der Waals surface area contributed by atoms with Crippen molar-refractivity contribution in [2.75, 3.05) is 13.2 Å². The second-order valence-electron chi connectivity index (χ2n) is 11.2. The lowest BCUT2D eigenvalue weighted by molar-refractivity contribution is -0.138. The summed E-state index contributed by atoms with van der Waals surface area (Å²) in [6, 6.07) is 15.6. The number of carbonyl (C=O) groups excluding carboxylic acids is 3. The number of tetrazole rings is 1. The molecule has 2 aliphatic rings. The maximum Gasteiger partial charge on any atom is 0.511 e. The summed E-state index contributed by atoms with van der Waals surface area (Å²) in [5.41, 5.74) is 3.63. The van der Waals surface area contributed by atoms with Gasteiger partial charge < -0.3 is 33.0 Å². The summed E-state index contributed by atoms with van der Waals surface area (Å²) < 4.78 is 33.8. The lowest BCUT2D eigenvalue weighted by atomic mass is 9.98. The highest BCUT2D eigenvalue weighted by Crippen LogP contribution is 2.32. The second-order valence-corrected chi connectivity index (χ2v) is 11.6. The maximum absolute atomic E-state index is 13.4. The molecule has 2 saturated heterocycles. The molecule has 1 N–H and O–H groups in total. The molecule has 4 heterocycles. The molecule has 16 heteroatoms. The molecule has 4 aromatic rings. The highest BCUT2D eigenvalue weighted by atomic mass is 35.5. The van der Waals surface area contributed by atoms with Gasteiger partial charge in [0.05, 0.1) is 13.2 Å². The number of imidazole rings is 1. The first-order valence-corrected chi connectivity index (χ1v) is 15.8. The minimum atomic E-state index is -1.32. The van der Waals surface area contributed by atoms with Crippen molar-refractivity contribution in [3.63, 3.8) is 0 Å². The van der Waals surface area contributed by atoms with Gasteiger partial charge in [0.1, 0.15) is 18.0 Å². The molecule has 1 unspecified atom stereocenters. The number of carbonyl (C=O) groups is 3. The normalized spacial score (nSPS) is 20.6. The van der Waals surface area contributed by atoms with Crippen LogP contribution in [-0.2, 0) is 46.2 Å².